The molecule has 0 bridgehead atoms. The molecular weight excluding hydrogens is 236 g/mol. The van der Waals surface area contributed by atoms with Gasteiger partial charge in [0.1, 0.15) is 0 Å². The van der Waals surface area contributed by atoms with Gasteiger partial charge in [0.15, 0.2) is 5.78 Å². The number of hydrogen-bond donors (Lipinski definition) is 0. The van der Waals surface area contributed by atoms with Crippen LogP contribution < -0.4 is 0 Å². The van der Waals surface area contributed by atoms with Crippen molar-refractivity contribution in [1.82, 2.24) is 0 Å². The largest absolute Gasteiger partial charge is 0.381 e. The molecule has 1 atom stereocenters. The second-order valence-corrected chi connectivity index (χ2v) is 5.12. The number of Topliss-reactive ketones (excluding diaryl/α,β-unsaturated/α-hetero) is 1. The quantitative estimate of drug-likeness (QED) is 0.602. The predicted molar refractivity (Wildman–Crippen MR) is 77.3 cm³/mol. The zero-order valence-corrected chi connectivity index (χ0v) is 11.8. The number of benzene rings is 1. The topological polar surface area (TPSA) is 26.3 Å². The first-order valence-corrected chi connectivity index (χ1v) is 7.11. The van der Waals surface area contributed by atoms with E-state index in [-0.39, 0.29) is 5.78 Å². The molecule has 1 fully saturated rings. The monoisotopic (exact) mass is 258 g/mol. The van der Waals surface area contributed by atoms with E-state index in [0.29, 0.717) is 5.92 Å². The van der Waals surface area contributed by atoms with E-state index < -0.39 is 0 Å². The molecule has 0 N–H and O–H groups in total. The van der Waals surface area contributed by atoms with Gasteiger partial charge in [0.05, 0.1) is 6.61 Å². The second-order valence-electron chi connectivity index (χ2n) is 5.12. The number of rotatable bonds is 4. The Labute approximate surface area is 115 Å². The lowest BCUT2D eigenvalue weighted by molar-refractivity contribution is 0.0667. The summed E-state index contributed by atoms with van der Waals surface area (Å²) in [5.41, 5.74) is 2.97. The van der Waals surface area contributed by atoms with E-state index in [1.807, 2.05) is 30.3 Å². The van der Waals surface area contributed by atoms with E-state index in [9.17, 15) is 4.79 Å². The standard InChI is InChI=1S/C17H22O2/c1-3-16(13(2)15-10-7-11-19-12-15)17(18)14-8-5-4-6-9-14/h4-6,8-9,15H,3,7,10-12H2,1-2H3/b16-13+. The van der Waals surface area contributed by atoms with Crippen LogP contribution in [0.25, 0.3) is 0 Å². The molecule has 1 aliphatic rings. The summed E-state index contributed by atoms with van der Waals surface area (Å²) in [6, 6.07) is 9.55. The van der Waals surface area contributed by atoms with Gasteiger partial charge in [0, 0.05) is 18.1 Å². The van der Waals surface area contributed by atoms with Crippen molar-refractivity contribution < 1.29 is 9.53 Å². The summed E-state index contributed by atoms with van der Waals surface area (Å²) in [6.45, 7) is 5.78. The zero-order chi connectivity index (χ0) is 13.7. The fourth-order valence-corrected chi connectivity index (χ4v) is 2.71. The highest BCUT2D eigenvalue weighted by atomic mass is 16.5. The highest BCUT2D eigenvalue weighted by molar-refractivity contribution is 6.09. The van der Waals surface area contributed by atoms with Crippen LogP contribution in [0.1, 0.15) is 43.5 Å². The van der Waals surface area contributed by atoms with E-state index in [2.05, 4.69) is 13.8 Å². The molecule has 102 valence electrons. The first kappa shape index (κ1) is 14.0. The Hall–Kier alpha value is -1.41. The van der Waals surface area contributed by atoms with Gasteiger partial charge in [-0.2, -0.15) is 0 Å². The summed E-state index contributed by atoms with van der Waals surface area (Å²) >= 11 is 0. The summed E-state index contributed by atoms with van der Waals surface area (Å²) in [5.74, 6) is 0.586. The molecule has 1 aromatic rings. The number of ether oxygens (including phenoxy) is 1. The Morgan fingerprint density at radius 3 is 2.63 bits per heavy atom. The average molecular weight is 258 g/mol. The molecule has 0 amide bonds. The maximum absolute atomic E-state index is 12.6. The van der Waals surface area contributed by atoms with E-state index in [4.69, 9.17) is 4.74 Å². The van der Waals surface area contributed by atoms with E-state index in [1.165, 1.54) is 5.57 Å². The molecule has 0 spiro atoms. The average Bonchev–Trinajstić information content (AvgIpc) is 2.49. The molecule has 2 rings (SSSR count). The Bertz CT molecular complexity index is 453. The smallest absolute Gasteiger partial charge is 0.188 e. The summed E-state index contributed by atoms with van der Waals surface area (Å²) in [7, 11) is 0. The maximum atomic E-state index is 12.6. The Kier molecular flexibility index (Phi) is 4.92. The number of allylic oxidation sites excluding steroid dienone is 1. The number of carbonyl (C=O) groups is 1. The molecule has 2 heteroatoms. The first-order chi connectivity index (χ1) is 9.24. The molecule has 0 radical (unpaired) electrons. The minimum Gasteiger partial charge on any atom is -0.381 e. The summed E-state index contributed by atoms with van der Waals surface area (Å²) in [5, 5.41) is 0. The van der Waals surface area contributed by atoms with Crippen molar-refractivity contribution in [1.29, 1.82) is 0 Å². The lowest BCUT2D eigenvalue weighted by Gasteiger charge is -2.24. The highest BCUT2D eigenvalue weighted by Gasteiger charge is 2.21. The van der Waals surface area contributed by atoms with Crippen molar-refractivity contribution in [2.45, 2.75) is 33.1 Å². The van der Waals surface area contributed by atoms with Gasteiger partial charge in [-0.25, -0.2) is 0 Å². The molecule has 0 aromatic heterocycles. The van der Waals surface area contributed by atoms with Gasteiger partial charge in [-0.15, -0.1) is 0 Å². The molecule has 1 saturated heterocycles. The summed E-state index contributed by atoms with van der Waals surface area (Å²) in [4.78, 5) is 12.6. The van der Waals surface area contributed by atoms with Gasteiger partial charge < -0.3 is 4.74 Å². The van der Waals surface area contributed by atoms with Crippen LogP contribution in [0.2, 0.25) is 0 Å². The molecule has 0 saturated carbocycles. The number of ketones is 1. The van der Waals surface area contributed by atoms with E-state index in [0.717, 1.165) is 43.6 Å². The fraction of sp³-hybridized carbons (Fsp3) is 0.471. The molecule has 1 aromatic carbocycles. The third kappa shape index (κ3) is 3.32. The van der Waals surface area contributed by atoms with Crippen LogP contribution in [0.5, 0.6) is 0 Å². The van der Waals surface area contributed by atoms with Crippen molar-refractivity contribution in [2.75, 3.05) is 13.2 Å². The third-order valence-corrected chi connectivity index (χ3v) is 3.91. The molecule has 0 aliphatic carbocycles. The van der Waals surface area contributed by atoms with Gasteiger partial charge in [0.2, 0.25) is 0 Å². The van der Waals surface area contributed by atoms with Gasteiger partial charge in [0.25, 0.3) is 0 Å². The predicted octanol–water partition coefficient (Wildman–Crippen LogP) is 4.02. The van der Waals surface area contributed by atoms with E-state index >= 15 is 0 Å². The van der Waals surface area contributed by atoms with Crippen LogP contribution >= 0.6 is 0 Å². The lowest BCUT2D eigenvalue weighted by Crippen LogP contribution is -2.20. The van der Waals surface area contributed by atoms with Crippen LogP contribution in [-0.4, -0.2) is 19.0 Å². The summed E-state index contributed by atoms with van der Waals surface area (Å²) < 4.78 is 5.54. The van der Waals surface area contributed by atoms with Gasteiger partial charge in [-0.3, -0.25) is 4.79 Å². The zero-order valence-electron chi connectivity index (χ0n) is 11.8. The van der Waals surface area contributed by atoms with Gasteiger partial charge >= 0.3 is 0 Å². The van der Waals surface area contributed by atoms with Crippen LogP contribution in [0.3, 0.4) is 0 Å². The second kappa shape index (κ2) is 6.67. The van der Waals surface area contributed by atoms with Crippen LogP contribution in [0.4, 0.5) is 0 Å². The third-order valence-electron chi connectivity index (χ3n) is 3.91. The number of hydrogen-bond acceptors (Lipinski definition) is 2. The van der Waals surface area contributed by atoms with E-state index in [1.54, 1.807) is 0 Å². The maximum Gasteiger partial charge on any atom is 0.188 e. The normalized spacial score (nSPS) is 20.8. The van der Waals surface area contributed by atoms with Crippen LogP contribution in [0.15, 0.2) is 41.5 Å². The summed E-state index contributed by atoms with van der Waals surface area (Å²) in [6.07, 6.45) is 3.02. The molecule has 19 heavy (non-hydrogen) atoms. The van der Waals surface area contributed by atoms with Crippen molar-refractivity contribution in [3.63, 3.8) is 0 Å². The molecule has 1 unspecified atom stereocenters. The van der Waals surface area contributed by atoms with Crippen molar-refractivity contribution in [3.05, 3.63) is 47.0 Å². The van der Waals surface area contributed by atoms with Crippen molar-refractivity contribution >= 4 is 5.78 Å². The Balaban J connectivity index is 2.25. The Morgan fingerprint density at radius 2 is 2.05 bits per heavy atom. The van der Waals surface area contributed by atoms with Crippen LogP contribution in [-0.2, 0) is 4.74 Å². The van der Waals surface area contributed by atoms with Crippen molar-refractivity contribution in [3.8, 4) is 0 Å². The minimum atomic E-state index is 0.172. The van der Waals surface area contributed by atoms with Gasteiger partial charge in [-0.1, -0.05) is 42.8 Å². The minimum absolute atomic E-state index is 0.172. The van der Waals surface area contributed by atoms with Gasteiger partial charge in [-0.05, 0) is 31.8 Å². The number of carbonyl (C=O) groups excluding carboxylic acids is 1. The van der Waals surface area contributed by atoms with Crippen LogP contribution in [0, 0.1) is 5.92 Å². The fourth-order valence-electron chi connectivity index (χ4n) is 2.71. The molecule has 2 nitrogen and oxygen atoms in total. The molecule has 1 aliphatic heterocycles. The Morgan fingerprint density at radius 1 is 1.32 bits per heavy atom. The lowest BCUT2D eigenvalue weighted by atomic mass is 9.87. The van der Waals surface area contributed by atoms with Crippen molar-refractivity contribution in [2.24, 2.45) is 5.92 Å². The first-order valence-electron chi connectivity index (χ1n) is 7.11. The highest BCUT2D eigenvalue weighted by Crippen LogP contribution is 2.27. The molecule has 1 heterocycles. The molecular formula is C17H22O2. The SMILES string of the molecule is CC/C(C(=O)c1ccccc1)=C(/C)C1CCCOC1.